The van der Waals surface area contributed by atoms with Gasteiger partial charge in [0, 0.05) is 37.4 Å². The molecule has 63 heavy (non-hydrogen) atoms. The molecule has 6 atom stereocenters. The number of nitrogens with zero attached hydrogens (tertiary/aromatic N) is 2. The van der Waals surface area contributed by atoms with Gasteiger partial charge in [-0.1, -0.05) is 38.1 Å². The Bertz CT molecular complexity index is 1840. The van der Waals surface area contributed by atoms with Crippen LogP contribution in [0.4, 0.5) is 16.2 Å². The summed E-state index contributed by atoms with van der Waals surface area (Å²) < 4.78 is 0. The molecule has 0 radical (unpaired) electrons. The number of rotatable bonds is 24. The van der Waals surface area contributed by atoms with Crippen LogP contribution in [0.15, 0.2) is 48.5 Å². The summed E-state index contributed by atoms with van der Waals surface area (Å²) in [7, 11) is 5.14. The number of likely N-dealkylation sites (N-methyl/N-ethyl adjacent to an activating group) is 2. The number of anilines is 2. The van der Waals surface area contributed by atoms with Crippen LogP contribution in [-0.4, -0.2) is 128 Å². The molecular weight excluding hydrogens is 807 g/mol. The van der Waals surface area contributed by atoms with Crippen molar-refractivity contribution in [3.05, 3.63) is 59.7 Å². The van der Waals surface area contributed by atoms with Crippen LogP contribution in [0, 0.1) is 5.92 Å². The molecular formula is C45H71N11O7. The molecule has 1 fully saturated rings. The highest BCUT2D eigenvalue weighted by Gasteiger charge is 2.39. The number of nitrogen functional groups attached to an aromatic ring is 1. The summed E-state index contributed by atoms with van der Waals surface area (Å²) in [4.78, 5) is 97.6. The molecule has 0 aliphatic carbocycles. The van der Waals surface area contributed by atoms with Crippen molar-refractivity contribution in [2.24, 2.45) is 11.7 Å². The third-order valence-corrected chi connectivity index (χ3v) is 11.3. The average Bonchev–Trinajstić information content (AvgIpc) is 3.74. The first-order valence-electron chi connectivity index (χ1n) is 21.9. The molecule has 2 aromatic rings. The first kappa shape index (κ1) is 51.6. The molecule has 1 saturated heterocycles. The zero-order valence-corrected chi connectivity index (χ0v) is 38.2. The molecule has 3 rings (SSSR count). The first-order chi connectivity index (χ1) is 29.8. The van der Waals surface area contributed by atoms with E-state index in [2.05, 4.69) is 56.0 Å². The molecule has 1 aliphatic rings. The number of primary amides is 1. The fourth-order valence-electron chi connectivity index (χ4n) is 7.37. The van der Waals surface area contributed by atoms with Crippen molar-refractivity contribution >= 4 is 52.8 Å². The van der Waals surface area contributed by atoms with E-state index in [1.165, 1.54) is 11.9 Å². The summed E-state index contributed by atoms with van der Waals surface area (Å²) in [6.07, 6.45) is 3.15. The van der Waals surface area contributed by atoms with Crippen LogP contribution in [0.25, 0.3) is 0 Å². The Kier molecular flexibility index (Phi) is 20.8. The number of nitrogens with one attached hydrogen (secondary N) is 7. The number of carbonyl (C=O) groups is 7. The Morgan fingerprint density at radius 3 is 1.86 bits per heavy atom. The fourth-order valence-corrected chi connectivity index (χ4v) is 7.37. The second-order valence-electron chi connectivity index (χ2n) is 17.1. The van der Waals surface area contributed by atoms with E-state index in [1.807, 2.05) is 33.0 Å². The van der Waals surface area contributed by atoms with E-state index in [4.69, 9.17) is 11.5 Å². The number of likely N-dealkylation sites (tertiary alicyclic amines) is 1. The van der Waals surface area contributed by atoms with E-state index < -0.39 is 71.8 Å². The van der Waals surface area contributed by atoms with Crippen LogP contribution >= 0.6 is 0 Å². The SMILES string of the molecule is CNC(=O)[C@@H](C)NC(=O)[C@@H]1CCCN1C(=O)[C@H](CCCCN(C)C(C)C)NC(=O)[C@H](CC(C)C)NC(=O)[C@@H](Cc1ccc(NC(N)=O)cc1)NC(=O)[C@H](Cc1ccc(N)cc1)NC. The Hall–Kier alpha value is -5.75. The molecule has 2 aromatic carbocycles. The Balaban J connectivity index is 1.90. The largest absolute Gasteiger partial charge is 0.399 e. The molecule has 0 spiro atoms. The van der Waals surface area contributed by atoms with E-state index >= 15 is 0 Å². The molecule has 0 bridgehead atoms. The minimum Gasteiger partial charge on any atom is -0.399 e. The van der Waals surface area contributed by atoms with Gasteiger partial charge in [0.2, 0.25) is 35.4 Å². The van der Waals surface area contributed by atoms with Gasteiger partial charge in [0.15, 0.2) is 0 Å². The smallest absolute Gasteiger partial charge is 0.316 e. The molecule has 0 aromatic heterocycles. The standard InChI is InChI=1S/C45H71N11O7/c1-27(2)24-36(41(59)52-34(12-9-10-22-55(8)28(3)4)44(62)56-23-11-13-38(56)43(61)50-29(5)39(57)49-7)53-42(60)37(26-31-16-20-33(21-17-31)51-45(47)63)54-40(58)35(48-6)25-30-14-18-32(46)19-15-30/h14-21,27-29,34-38,48H,9-13,22-26,46H2,1-8H3,(H,49,57)(H,50,61)(H,52,59)(H,53,60)(H,54,58)(H3,47,51,63)/t29-,34+,35+,36+,37-,38+/m1/s1. The average molecular weight is 878 g/mol. The maximum atomic E-state index is 14.4. The predicted molar refractivity (Wildman–Crippen MR) is 244 cm³/mol. The third kappa shape index (κ3) is 16.8. The van der Waals surface area contributed by atoms with Gasteiger partial charge in [-0.25, -0.2) is 4.79 Å². The van der Waals surface area contributed by atoms with Gasteiger partial charge in [0.1, 0.15) is 30.2 Å². The normalized spacial score (nSPS) is 16.1. The lowest BCUT2D eigenvalue weighted by Gasteiger charge is -2.31. The fraction of sp³-hybridized carbons (Fsp3) is 0.578. The summed E-state index contributed by atoms with van der Waals surface area (Å²) in [5, 5.41) is 19.5. The Morgan fingerprint density at radius 2 is 1.29 bits per heavy atom. The van der Waals surface area contributed by atoms with Crippen LogP contribution in [0.2, 0.25) is 0 Å². The zero-order valence-electron chi connectivity index (χ0n) is 38.2. The van der Waals surface area contributed by atoms with Crippen LogP contribution in [0.5, 0.6) is 0 Å². The molecule has 18 heteroatoms. The first-order valence-corrected chi connectivity index (χ1v) is 21.9. The van der Waals surface area contributed by atoms with Gasteiger partial charge in [-0.05, 0) is 128 Å². The quantitative estimate of drug-likeness (QED) is 0.0541. The summed E-state index contributed by atoms with van der Waals surface area (Å²) in [5.74, 6) is -2.95. The lowest BCUT2D eigenvalue weighted by molar-refractivity contribution is -0.142. The van der Waals surface area contributed by atoms with E-state index in [0.29, 0.717) is 55.2 Å². The van der Waals surface area contributed by atoms with Crippen molar-refractivity contribution in [3.8, 4) is 0 Å². The number of amides is 8. The van der Waals surface area contributed by atoms with E-state index in [0.717, 1.165) is 18.5 Å². The molecule has 348 valence electrons. The number of benzene rings is 2. The van der Waals surface area contributed by atoms with Gasteiger partial charge in [0.25, 0.3) is 0 Å². The molecule has 8 amide bonds. The van der Waals surface area contributed by atoms with Crippen LogP contribution in [0.3, 0.4) is 0 Å². The van der Waals surface area contributed by atoms with Crippen molar-refractivity contribution in [2.75, 3.05) is 45.3 Å². The van der Waals surface area contributed by atoms with E-state index in [1.54, 1.807) is 50.4 Å². The van der Waals surface area contributed by atoms with Crippen molar-refractivity contribution in [2.45, 2.75) is 128 Å². The Morgan fingerprint density at radius 1 is 0.730 bits per heavy atom. The van der Waals surface area contributed by atoms with Crippen LogP contribution in [-0.2, 0) is 41.6 Å². The summed E-state index contributed by atoms with van der Waals surface area (Å²) >= 11 is 0. The molecule has 11 N–H and O–H groups in total. The van der Waals surface area contributed by atoms with E-state index in [9.17, 15) is 33.6 Å². The summed E-state index contributed by atoms with van der Waals surface area (Å²) in [5.41, 5.74) is 13.7. The van der Waals surface area contributed by atoms with Crippen molar-refractivity contribution in [3.63, 3.8) is 0 Å². The highest BCUT2D eigenvalue weighted by Crippen LogP contribution is 2.21. The van der Waals surface area contributed by atoms with Gasteiger partial charge >= 0.3 is 6.03 Å². The minimum absolute atomic E-state index is 0.0334. The molecule has 1 heterocycles. The maximum absolute atomic E-state index is 14.4. The lowest BCUT2D eigenvalue weighted by atomic mass is 9.99. The number of carbonyl (C=O) groups excluding carboxylic acids is 7. The van der Waals surface area contributed by atoms with Crippen LogP contribution in [0.1, 0.15) is 84.3 Å². The maximum Gasteiger partial charge on any atom is 0.316 e. The molecule has 1 aliphatic heterocycles. The molecule has 0 unspecified atom stereocenters. The zero-order chi connectivity index (χ0) is 46.8. The minimum atomic E-state index is -1.14. The Labute approximate surface area is 372 Å². The number of hydrogen-bond donors (Lipinski definition) is 9. The van der Waals surface area contributed by atoms with Gasteiger partial charge in [-0.2, -0.15) is 0 Å². The van der Waals surface area contributed by atoms with Crippen molar-refractivity contribution in [1.82, 2.24) is 41.7 Å². The second-order valence-corrected chi connectivity index (χ2v) is 17.1. The topological polar surface area (TPSA) is 262 Å². The van der Waals surface area contributed by atoms with Crippen molar-refractivity contribution < 1.29 is 33.6 Å². The molecule has 18 nitrogen and oxygen atoms in total. The number of nitrogens with two attached hydrogens (primary N) is 2. The highest BCUT2D eigenvalue weighted by molar-refractivity contribution is 5.97. The van der Waals surface area contributed by atoms with Crippen LogP contribution < -0.4 is 48.7 Å². The summed E-state index contributed by atoms with van der Waals surface area (Å²) in [6.45, 7) is 10.6. The molecule has 0 saturated carbocycles. The van der Waals surface area contributed by atoms with Gasteiger partial charge in [0.05, 0.1) is 6.04 Å². The van der Waals surface area contributed by atoms with E-state index in [-0.39, 0.29) is 31.1 Å². The van der Waals surface area contributed by atoms with Gasteiger partial charge in [-0.15, -0.1) is 0 Å². The second kappa shape index (κ2) is 25.4. The lowest BCUT2D eigenvalue weighted by Crippen LogP contribution is -2.59. The third-order valence-electron chi connectivity index (χ3n) is 11.3. The number of urea groups is 1. The number of unbranched alkanes of at least 4 members (excludes halogenated alkanes) is 1. The summed E-state index contributed by atoms with van der Waals surface area (Å²) in [6, 6.07) is 7.74. The van der Waals surface area contributed by atoms with Gasteiger partial charge < -0.3 is 58.5 Å². The monoisotopic (exact) mass is 878 g/mol. The van der Waals surface area contributed by atoms with Crippen molar-refractivity contribution in [1.29, 1.82) is 0 Å². The van der Waals surface area contributed by atoms with Gasteiger partial charge in [-0.3, -0.25) is 28.8 Å². The number of hydrogen-bond acceptors (Lipinski definition) is 10. The highest BCUT2D eigenvalue weighted by atomic mass is 16.2. The predicted octanol–water partition coefficient (Wildman–Crippen LogP) is 1.39.